The standard InChI is InChI=1S/C31H43N7O2/c39-30(40)27-18-31(10-16-37(17-11-31)26-4-2-1-3-5-26)23-38(27)20-25-8-6-24(7-9-25)19-36(21-28-32-12-13-33-28)22-29-34-14-15-35-29/h6-9,12-15,26-27H,1-5,10-11,16-23H2,(H,32,33)(H,34,35)(H,39,40)/t27-/m0/s1. The van der Waals surface area contributed by atoms with Crippen LogP contribution in [0.25, 0.3) is 0 Å². The molecule has 2 saturated heterocycles. The summed E-state index contributed by atoms with van der Waals surface area (Å²) < 4.78 is 0. The summed E-state index contributed by atoms with van der Waals surface area (Å²) >= 11 is 0. The number of rotatable bonds is 10. The van der Waals surface area contributed by atoms with Crippen LogP contribution in [0.1, 0.15) is 74.1 Å². The summed E-state index contributed by atoms with van der Waals surface area (Å²) in [6.45, 7) is 6.01. The first-order chi connectivity index (χ1) is 19.6. The van der Waals surface area contributed by atoms with E-state index in [2.05, 4.69) is 58.9 Å². The highest BCUT2D eigenvalue weighted by atomic mass is 16.4. The number of piperidine rings is 1. The van der Waals surface area contributed by atoms with Gasteiger partial charge in [0.05, 0.1) is 13.1 Å². The Labute approximate surface area is 237 Å². The van der Waals surface area contributed by atoms with Gasteiger partial charge in [0, 0.05) is 50.5 Å². The average molecular weight is 546 g/mol. The number of H-pyrrole nitrogens is 2. The van der Waals surface area contributed by atoms with Gasteiger partial charge in [-0.2, -0.15) is 0 Å². The van der Waals surface area contributed by atoms with Crippen molar-refractivity contribution in [2.24, 2.45) is 5.41 Å². The maximum absolute atomic E-state index is 12.3. The summed E-state index contributed by atoms with van der Waals surface area (Å²) in [7, 11) is 0. The van der Waals surface area contributed by atoms with E-state index in [1.54, 1.807) is 12.4 Å². The number of nitrogens with zero attached hydrogens (tertiary/aromatic N) is 5. The topological polar surface area (TPSA) is 104 Å². The molecule has 4 heterocycles. The lowest BCUT2D eigenvalue weighted by Gasteiger charge is -2.43. The van der Waals surface area contributed by atoms with E-state index in [1.807, 2.05) is 12.4 Å². The van der Waals surface area contributed by atoms with E-state index in [9.17, 15) is 9.90 Å². The number of carboxylic acids is 1. The van der Waals surface area contributed by atoms with Crippen molar-refractivity contribution >= 4 is 5.97 Å². The van der Waals surface area contributed by atoms with E-state index in [0.717, 1.165) is 63.1 Å². The van der Waals surface area contributed by atoms with Crippen molar-refractivity contribution in [2.75, 3.05) is 19.6 Å². The van der Waals surface area contributed by atoms with E-state index >= 15 is 0 Å². The Kier molecular flexibility index (Phi) is 8.32. The van der Waals surface area contributed by atoms with Crippen LogP contribution in [-0.2, 0) is 31.0 Å². The molecule has 2 aliphatic heterocycles. The highest BCUT2D eigenvalue weighted by Crippen LogP contribution is 2.45. The highest BCUT2D eigenvalue weighted by Gasteiger charge is 2.48. The Morgan fingerprint density at radius 2 is 1.55 bits per heavy atom. The number of benzene rings is 1. The summed E-state index contributed by atoms with van der Waals surface area (Å²) in [5, 5.41) is 10.1. The fourth-order valence-electron chi connectivity index (χ4n) is 7.33. The normalized spacial score (nSPS) is 22.4. The van der Waals surface area contributed by atoms with E-state index in [4.69, 9.17) is 0 Å². The molecule has 1 aliphatic carbocycles. The number of aliphatic carboxylic acids is 1. The molecule has 1 spiro atoms. The average Bonchev–Trinajstić information content (AvgIpc) is 3.74. The van der Waals surface area contributed by atoms with Gasteiger partial charge in [-0.05, 0) is 61.7 Å². The third-order valence-corrected chi connectivity index (χ3v) is 9.51. The van der Waals surface area contributed by atoms with Gasteiger partial charge in [0.2, 0.25) is 0 Å². The molecule has 0 amide bonds. The second-order valence-electron chi connectivity index (χ2n) is 12.3. The first-order valence-corrected chi connectivity index (χ1v) is 15.0. The van der Waals surface area contributed by atoms with Gasteiger partial charge >= 0.3 is 5.97 Å². The van der Waals surface area contributed by atoms with Crippen LogP contribution in [0.4, 0.5) is 0 Å². The zero-order chi connectivity index (χ0) is 27.4. The van der Waals surface area contributed by atoms with E-state index < -0.39 is 12.0 Å². The summed E-state index contributed by atoms with van der Waals surface area (Å²) in [6.07, 6.45) is 17.1. The number of imidazole rings is 2. The molecule has 3 fully saturated rings. The molecule has 0 bridgehead atoms. The lowest BCUT2D eigenvalue weighted by molar-refractivity contribution is -0.142. The lowest BCUT2D eigenvalue weighted by Crippen LogP contribution is -2.46. The Balaban J connectivity index is 1.07. The van der Waals surface area contributed by atoms with Gasteiger partial charge in [0.1, 0.15) is 17.7 Å². The molecular weight excluding hydrogens is 502 g/mol. The number of likely N-dealkylation sites (tertiary alicyclic amines) is 2. The quantitative estimate of drug-likeness (QED) is 0.347. The third-order valence-electron chi connectivity index (χ3n) is 9.51. The van der Waals surface area contributed by atoms with Gasteiger partial charge in [0.15, 0.2) is 0 Å². The van der Waals surface area contributed by atoms with Gasteiger partial charge in [0.25, 0.3) is 0 Å². The molecule has 3 aliphatic rings. The van der Waals surface area contributed by atoms with Gasteiger partial charge in [-0.15, -0.1) is 0 Å². The van der Waals surface area contributed by atoms with Crippen LogP contribution in [0.2, 0.25) is 0 Å². The van der Waals surface area contributed by atoms with E-state index in [1.165, 1.54) is 43.2 Å². The maximum Gasteiger partial charge on any atom is 0.320 e. The summed E-state index contributed by atoms with van der Waals surface area (Å²) in [4.78, 5) is 34.7. The molecule has 1 atom stereocenters. The minimum absolute atomic E-state index is 0.145. The number of aromatic amines is 2. The van der Waals surface area contributed by atoms with Crippen molar-refractivity contribution in [1.82, 2.24) is 34.6 Å². The minimum Gasteiger partial charge on any atom is -0.480 e. The number of hydrogen-bond acceptors (Lipinski definition) is 6. The predicted octanol–water partition coefficient (Wildman–Crippen LogP) is 4.41. The van der Waals surface area contributed by atoms with Crippen LogP contribution in [-0.4, -0.2) is 77.4 Å². The molecule has 6 rings (SSSR count). The summed E-state index contributed by atoms with van der Waals surface area (Å²) in [5.74, 6) is 1.18. The number of carboxylic acid groups (broad SMARTS) is 1. The van der Waals surface area contributed by atoms with Crippen LogP contribution < -0.4 is 0 Å². The molecule has 9 nitrogen and oxygen atoms in total. The monoisotopic (exact) mass is 545 g/mol. The zero-order valence-electron chi connectivity index (χ0n) is 23.5. The molecule has 0 unspecified atom stereocenters. The molecular formula is C31H43N7O2. The largest absolute Gasteiger partial charge is 0.480 e. The molecule has 3 N–H and O–H groups in total. The molecule has 0 radical (unpaired) electrons. The fourth-order valence-corrected chi connectivity index (χ4v) is 7.33. The van der Waals surface area contributed by atoms with Crippen LogP contribution in [0.3, 0.4) is 0 Å². The Bertz CT molecular complexity index is 1160. The predicted molar refractivity (Wildman–Crippen MR) is 153 cm³/mol. The number of hydrogen-bond donors (Lipinski definition) is 3. The summed E-state index contributed by atoms with van der Waals surface area (Å²) in [6, 6.07) is 9.06. The van der Waals surface area contributed by atoms with Crippen molar-refractivity contribution in [3.8, 4) is 0 Å². The molecule has 1 saturated carbocycles. The molecule has 1 aromatic carbocycles. The van der Waals surface area contributed by atoms with Gasteiger partial charge in [-0.3, -0.25) is 14.6 Å². The SMILES string of the molecule is O=C(O)[C@@H]1CC2(CCN(C3CCCCC3)CC2)CN1Cc1ccc(CN(Cc2ncc[nH]2)Cc2ncc[nH]2)cc1. The molecule has 2 aromatic heterocycles. The van der Waals surface area contributed by atoms with Crippen molar-refractivity contribution in [3.05, 3.63) is 71.8 Å². The molecule has 214 valence electrons. The highest BCUT2D eigenvalue weighted by molar-refractivity contribution is 5.74. The Morgan fingerprint density at radius 1 is 0.925 bits per heavy atom. The zero-order valence-corrected chi connectivity index (χ0v) is 23.5. The maximum atomic E-state index is 12.3. The Morgan fingerprint density at radius 3 is 2.12 bits per heavy atom. The lowest BCUT2D eigenvalue weighted by atomic mass is 9.76. The third kappa shape index (κ3) is 6.48. The van der Waals surface area contributed by atoms with Crippen LogP contribution in [0, 0.1) is 5.41 Å². The smallest absolute Gasteiger partial charge is 0.320 e. The van der Waals surface area contributed by atoms with Crippen molar-refractivity contribution < 1.29 is 9.90 Å². The van der Waals surface area contributed by atoms with Crippen molar-refractivity contribution in [3.63, 3.8) is 0 Å². The second kappa shape index (κ2) is 12.2. The minimum atomic E-state index is -0.672. The van der Waals surface area contributed by atoms with E-state index in [-0.39, 0.29) is 5.41 Å². The van der Waals surface area contributed by atoms with Crippen LogP contribution >= 0.6 is 0 Å². The van der Waals surface area contributed by atoms with Crippen molar-refractivity contribution in [1.29, 1.82) is 0 Å². The molecule has 40 heavy (non-hydrogen) atoms. The first kappa shape index (κ1) is 27.2. The first-order valence-electron chi connectivity index (χ1n) is 15.0. The van der Waals surface area contributed by atoms with Gasteiger partial charge < -0.3 is 20.0 Å². The summed E-state index contributed by atoms with van der Waals surface area (Å²) in [5.41, 5.74) is 2.53. The van der Waals surface area contributed by atoms with Crippen LogP contribution in [0.15, 0.2) is 49.1 Å². The van der Waals surface area contributed by atoms with Crippen molar-refractivity contribution in [2.45, 2.75) is 89.6 Å². The number of carbonyl (C=O) groups is 1. The van der Waals surface area contributed by atoms with Gasteiger partial charge in [-0.25, -0.2) is 9.97 Å². The van der Waals surface area contributed by atoms with E-state index in [0.29, 0.717) is 19.6 Å². The van der Waals surface area contributed by atoms with Gasteiger partial charge in [-0.1, -0.05) is 43.5 Å². The van der Waals surface area contributed by atoms with Crippen LogP contribution in [0.5, 0.6) is 0 Å². The fraction of sp³-hybridized carbons (Fsp3) is 0.581. The Hall–Kier alpha value is -3.01. The second-order valence-corrected chi connectivity index (χ2v) is 12.3. The molecule has 9 heteroatoms. The number of aromatic nitrogens is 4. The number of nitrogens with one attached hydrogen (secondary N) is 2. The molecule has 3 aromatic rings.